The van der Waals surface area contributed by atoms with Crippen molar-refractivity contribution >= 4 is 22.5 Å². The number of carbonyl (C=O) groups excluding carboxylic acids is 2. The molecule has 2 rings (SSSR count). The van der Waals surface area contributed by atoms with E-state index in [0.717, 1.165) is 7.11 Å². The Morgan fingerprint density at radius 3 is 2.82 bits per heavy atom. The molecule has 1 heterocycles. The zero-order valence-electron chi connectivity index (χ0n) is 8.89. The van der Waals surface area contributed by atoms with Crippen molar-refractivity contribution in [3.05, 3.63) is 35.8 Å². The zero-order valence-corrected chi connectivity index (χ0v) is 8.89. The molecule has 1 aromatic heterocycles. The molecule has 5 heteroatoms. The van der Waals surface area contributed by atoms with Crippen LogP contribution >= 0.6 is 0 Å². The maximum atomic E-state index is 11.6. The lowest BCUT2D eigenvalue weighted by Gasteiger charge is -1.95. The molecule has 17 heavy (non-hydrogen) atoms. The fraction of sp³-hybridized carbons (Fsp3) is 0.0833. The average Bonchev–Trinajstić information content (AvgIpc) is 2.79. The molecule has 0 amide bonds. The highest BCUT2D eigenvalue weighted by Gasteiger charge is 2.23. The second-order valence-corrected chi connectivity index (χ2v) is 3.30. The zero-order chi connectivity index (χ0) is 12.4. The Bertz CT molecular complexity index is 648. The van der Waals surface area contributed by atoms with Crippen LogP contribution in [0.3, 0.4) is 0 Å². The monoisotopic (exact) mass is 229 g/mol. The summed E-state index contributed by atoms with van der Waals surface area (Å²) in [5, 5.41) is 9.80. The van der Waals surface area contributed by atoms with Gasteiger partial charge in [0, 0.05) is 10.8 Å². The first-order chi connectivity index (χ1) is 8.17. The van der Waals surface area contributed by atoms with Gasteiger partial charge in [-0.1, -0.05) is 0 Å². The molecule has 0 aliphatic heterocycles. The number of hydrogen-bond donors (Lipinski definition) is 0. The van der Waals surface area contributed by atoms with Crippen LogP contribution in [0.15, 0.2) is 28.9 Å². The molecule has 0 aliphatic carbocycles. The quantitative estimate of drug-likeness (QED) is 0.444. The number of carbonyl (C=O) groups is 2. The molecule has 0 atom stereocenters. The molecule has 0 fully saturated rings. The van der Waals surface area contributed by atoms with Crippen molar-refractivity contribution in [1.29, 1.82) is 5.26 Å². The van der Waals surface area contributed by atoms with E-state index in [0.29, 0.717) is 16.3 Å². The molecule has 2 aromatic rings. The lowest BCUT2D eigenvalue weighted by atomic mass is 10.1. The topological polar surface area (TPSA) is 80.3 Å². The van der Waals surface area contributed by atoms with Crippen LogP contribution in [-0.4, -0.2) is 18.9 Å². The number of nitriles is 1. The van der Waals surface area contributed by atoms with Gasteiger partial charge in [-0.15, -0.1) is 0 Å². The highest BCUT2D eigenvalue weighted by atomic mass is 16.5. The van der Waals surface area contributed by atoms with Crippen molar-refractivity contribution in [3.63, 3.8) is 0 Å². The number of furan rings is 1. The van der Waals surface area contributed by atoms with Gasteiger partial charge in [-0.2, -0.15) is 5.26 Å². The molecule has 0 unspecified atom stereocenters. The summed E-state index contributed by atoms with van der Waals surface area (Å²) in [6.45, 7) is 0. The third-order valence-electron chi connectivity index (χ3n) is 2.31. The van der Waals surface area contributed by atoms with E-state index in [9.17, 15) is 9.59 Å². The number of esters is 1. The van der Waals surface area contributed by atoms with E-state index in [2.05, 4.69) is 4.74 Å². The summed E-state index contributed by atoms with van der Waals surface area (Å²) in [6.07, 6.45) is 1.33. The Morgan fingerprint density at radius 2 is 2.18 bits per heavy atom. The van der Waals surface area contributed by atoms with E-state index in [1.54, 1.807) is 18.2 Å². The number of ether oxygens (including phenoxy) is 1. The van der Waals surface area contributed by atoms with E-state index < -0.39 is 11.8 Å². The maximum absolute atomic E-state index is 11.6. The predicted octanol–water partition coefficient (Wildman–Crippen LogP) is 1.66. The number of benzene rings is 1. The van der Waals surface area contributed by atoms with Gasteiger partial charge >= 0.3 is 11.8 Å². The minimum atomic E-state index is -0.981. The summed E-state index contributed by atoms with van der Waals surface area (Å²) in [5.41, 5.74) is 0.454. The first kappa shape index (κ1) is 10.9. The van der Waals surface area contributed by atoms with Crippen molar-refractivity contribution in [2.24, 2.45) is 0 Å². The highest BCUT2D eigenvalue weighted by molar-refractivity contribution is 6.42. The van der Waals surface area contributed by atoms with Crippen LogP contribution in [0.25, 0.3) is 10.8 Å². The van der Waals surface area contributed by atoms with Crippen molar-refractivity contribution in [1.82, 2.24) is 0 Å². The predicted molar refractivity (Wildman–Crippen MR) is 57.3 cm³/mol. The lowest BCUT2D eigenvalue weighted by Crippen LogP contribution is -2.15. The molecule has 0 spiro atoms. The van der Waals surface area contributed by atoms with Gasteiger partial charge in [0.1, 0.15) is 0 Å². The van der Waals surface area contributed by atoms with Gasteiger partial charge in [-0.25, -0.2) is 4.79 Å². The first-order valence-corrected chi connectivity index (χ1v) is 4.71. The van der Waals surface area contributed by atoms with Gasteiger partial charge < -0.3 is 9.15 Å². The Hall–Kier alpha value is -2.61. The number of hydrogen-bond acceptors (Lipinski definition) is 5. The Kier molecular flexibility index (Phi) is 2.63. The van der Waals surface area contributed by atoms with Gasteiger partial charge in [0.15, 0.2) is 5.76 Å². The Balaban J connectivity index is 2.55. The van der Waals surface area contributed by atoms with E-state index in [1.165, 1.54) is 6.26 Å². The molecule has 84 valence electrons. The number of rotatable bonds is 2. The molecule has 5 nitrogen and oxygen atoms in total. The standard InChI is InChI=1S/C12H7NO4/c1-16-12(15)10(14)11-9-3-2-7(5-13)4-8(9)6-17-11/h2-4,6H,1H3. The maximum Gasteiger partial charge on any atom is 0.382 e. The first-order valence-electron chi connectivity index (χ1n) is 4.71. The molecule has 0 saturated heterocycles. The summed E-state index contributed by atoms with van der Waals surface area (Å²) >= 11 is 0. The van der Waals surface area contributed by atoms with Crippen LogP contribution in [0.1, 0.15) is 16.1 Å². The summed E-state index contributed by atoms with van der Waals surface area (Å²) < 4.78 is 9.37. The van der Waals surface area contributed by atoms with E-state index in [-0.39, 0.29) is 5.76 Å². The largest absolute Gasteiger partial charge is 0.463 e. The second-order valence-electron chi connectivity index (χ2n) is 3.30. The lowest BCUT2D eigenvalue weighted by molar-refractivity contribution is -0.135. The molecule has 1 aromatic carbocycles. The molecule has 0 N–H and O–H groups in total. The van der Waals surface area contributed by atoms with Gasteiger partial charge in [0.25, 0.3) is 0 Å². The molecular weight excluding hydrogens is 222 g/mol. The Morgan fingerprint density at radius 1 is 1.41 bits per heavy atom. The number of ketones is 1. The summed E-state index contributed by atoms with van der Waals surface area (Å²) in [6, 6.07) is 6.66. The van der Waals surface area contributed by atoms with Crippen LogP contribution in [0.5, 0.6) is 0 Å². The van der Waals surface area contributed by atoms with Crippen molar-refractivity contribution in [2.45, 2.75) is 0 Å². The summed E-state index contributed by atoms with van der Waals surface area (Å²) in [5.74, 6) is -1.89. The number of fused-ring (bicyclic) bond motifs is 1. The van der Waals surface area contributed by atoms with E-state index in [1.807, 2.05) is 6.07 Å². The van der Waals surface area contributed by atoms with Crippen LogP contribution in [0.2, 0.25) is 0 Å². The minimum absolute atomic E-state index is 0.0728. The summed E-state index contributed by atoms with van der Waals surface area (Å²) in [7, 11) is 1.12. The second kappa shape index (κ2) is 4.10. The van der Waals surface area contributed by atoms with E-state index >= 15 is 0 Å². The third kappa shape index (κ3) is 1.76. The van der Waals surface area contributed by atoms with Gasteiger partial charge in [0.2, 0.25) is 0 Å². The highest BCUT2D eigenvalue weighted by Crippen LogP contribution is 2.22. The van der Waals surface area contributed by atoms with Crippen molar-refractivity contribution in [3.8, 4) is 6.07 Å². The Labute approximate surface area is 96.2 Å². The van der Waals surface area contributed by atoms with Crippen LogP contribution in [0, 0.1) is 11.3 Å². The molecule has 0 radical (unpaired) electrons. The van der Waals surface area contributed by atoms with Crippen LogP contribution in [-0.2, 0) is 9.53 Å². The third-order valence-corrected chi connectivity index (χ3v) is 2.31. The SMILES string of the molecule is COC(=O)C(=O)c1occ2cc(C#N)ccc12. The van der Waals surface area contributed by atoms with E-state index in [4.69, 9.17) is 9.68 Å². The fourth-order valence-corrected chi connectivity index (χ4v) is 1.48. The van der Waals surface area contributed by atoms with Crippen molar-refractivity contribution in [2.75, 3.05) is 7.11 Å². The number of methoxy groups -OCH3 is 1. The molecule has 0 saturated carbocycles. The van der Waals surface area contributed by atoms with Gasteiger partial charge in [-0.3, -0.25) is 4.79 Å². The normalized spacial score (nSPS) is 9.88. The van der Waals surface area contributed by atoms with Crippen LogP contribution in [0.4, 0.5) is 0 Å². The van der Waals surface area contributed by atoms with Gasteiger partial charge in [0.05, 0.1) is 25.0 Å². The van der Waals surface area contributed by atoms with Crippen LogP contribution < -0.4 is 0 Å². The molecular formula is C12H7NO4. The molecule has 0 aliphatic rings. The smallest absolute Gasteiger partial charge is 0.382 e. The number of nitrogens with zero attached hydrogens (tertiary/aromatic N) is 1. The molecule has 0 bridgehead atoms. The van der Waals surface area contributed by atoms with Crippen molar-refractivity contribution < 1.29 is 18.7 Å². The number of Topliss-reactive ketones (excluding diaryl/α,β-unsaturated/α-hetero) is 1. The minimum Gasteiger partial charge on any atom is -0.463 e. The van der Waals surface area contributed by atoms with Gasteiger partial charge in [-0.05, 0) is 18.2 Å². The fourth-order valence-electron chi connectivity index (χ4n) is 1.48. The summed E-state index contributed by atoms with van der Waals surface area (Å²) in [4.78, 5) is 22.7. The average molecular weight is 229 g/mol.